The number of carbonyl (C=O) groups excluding carboxylic acids is 1. The van der Waals surface area contributed by atoms with Crippen molar-refractivity contribution in [1.29, 1.82) is 0 Å². The third-order valence-electron chi connectivity index (χ3n) is 5.28. The molecule has 1 aromatic carbocycles. The molecule has 0 saturated heterocycles. The minimum atomic E-state index is -0.301. The molecule has 0 bridgehead atoms. The topological polar surface area (TPSA) is 94.1 Å². The van der Waals surface area contributed by atoms with E-state index in [9.17, 15) is 4.79 Å². The highest BCUT2D eigenvalue weighted by Gasteiger charge is 2.41. The maximum atomic E-state index is 13.2. The quantitative estimate of drug-likeness (QED) is 0.750. The predicted octanol–water partition coefficient (Wildman–Crippen LogP) is 3.17. The maximum absolute atomic E-state index is 13.2. The lowest BCUT2D eigenvalue weighted by Gasteiger charge is -2.35. The Kier molecular flexibility index (Phi) is 3.51. The molecule has 25 heavy (non-hydrogen) atoms. The number of hydrogen-bond donors (Lipinski definition) is 3. The van der Waals surface area contributed by atoms with Crippen LogP contribution in [0.2, 0.25) is 0 Å². The van der Waals surface area contributed by atoms with E-state index >= 15 is 0 Å². The predicted molar refractivity (Wildman–Crippen MR) is 99.4 cm³/mol. The number of benzene rings is 1. The molecule has 0 radical (unpaired) electrons. The number of anilines is 1. The van der Waals surface area contributed by atoms with Gasteiger partial charge in [0, 0.05) is 46.2 Å². The van der Waals surface area contributed by atoms with Gasteiger partial charge in [-0.2, -0.15) is 0 Å². The highest BCUT2D eigenvalue weighted by Crippen LogP contribution is 2.47. The second kappa shape index (κ2) is 5.49. The van der Waals surface area contributed by atoms with Crippen LogP contribution in [-0.2, 0) is 10.2 Å². The number of ether oxygens (including phenoxy) is 1. The van der Waals surface area contributed by atoms with E-state index in [2.05, 4.69) is 18.8 Å². The Labute approximate surface area is 146 Å². The van der Waals surface area contributed by atoms with Gasteiger partial charge in [-0.05, 0) is 30.2 Å². The smallest absolute Gasteiger partial charge is 0.191 e. The van der Waals surface area contributed by atoms with Gasteiger partial charge in [0.1, 0.15) is 0 Å². The summed E-state index contributed by atoms with van der Waals surface area (Å²) < 4.78 is 5.74. The van der Waals surface area contributed by atoms with Crippen LogP contribution in [0.4, 0.5) is 5.69 Å². The Balaban J connectivity index is 1.89. The Hall–Kier alpha value is -2.53. The molecule has 1 heterocycles. The van der Waals surface area contributed by atoms with Crippen LogP contribution in [0.3, 0.4) is 0 Å². The zero-order valence-electron chi connectivity index (χ0n) is 14.6. The molecule has 4 rings (SSSR count). The fourth-order valence-electron chi connectivity index (χ4n) is 4.01. The van der Waals surface area contributed by atoms with Gasteiger partial charge in [-0.25, -0.2) is 0 Å². The molecular weight excluding hydrogens is 314 g/mol. The van der Waals surface area contributed by atoms with Gasteiger partial charge in [0.25, 0.3) is 0 Å². The summed E-state index contributed by atoms with van der Waals surface area (Å²) in [6.07, 6.45) is 3.48. The van der Waals surface area contributed by atoms with Crippen LogP contribution < -0.4 is 11.5 Å². The molecule has 0 unspecified atom stereocenters. The van der Waals surface area contributed by atoms with E-state index in [1.54, 1.807) is 0 Å². The molecule has 0 fully saturated rings. The Morgan fingerprint density at radius 2 is 2.08 bits per heavy atom. The number of aromatic amines is 1. The average molecular weight is 337 g/mol. The molecule has 0 amide bonds. The third kappa shape index (κ3) is 2.30. The minimum absolute atomic E-state index is 0.120. The fourth-order valence-corrected chi connectivity index (χ4v) is 4.01. The van der Waals surface area contributed by atoms with Gasteiger partial charge in [0.05, 0.1) is 17.9 Å². The molecule has 1 aromatic heterocycles. The van der Waals surface area contributed by atoms with Crippen molar-refractivity contribution in [3.8, 4) is 0 Å². The molecule has 130 valence electrons. The number of ketones is 1. The van der Waals surface area contributed by atoms with Gasteiger partial charge in [-0.3, -0.25) is 4.79 Å². The number of H-pyrrole nitrogens is 1. The number of nitrogen functional groups attached to an aromatic ring is 1. The van der Waals surface area contributed by atoms with Crippen molar-refractivity contribution in [3.63, 3.8) is 0 Å². The van der Waals surface area contributed by atoms with E-state index in [1.165, 1.54) is 0 Å². The summed E-state index contributed by atoms with van der Waals surface area (Å²) in [5, 5.41) is 0.947. The molecule has 5 nitrogen and oxygen atoms in total. The van der Waals surface area contributed by atoms with Gasteiger partial charge >= 0.3 is 0 Å². The molecule has 5 heteroatoms. The maximum Gasteiger partial charge on any atom is 0.191 e. The van der Waals surface area contributed by atoms with Gasteiger partial charge in [-0.15, -0.1) is 0 Å². The van der Waals surface area contributed by atoms with E-state index < -0.39 is 0 Å². The number of Topliss-reactive ketones (excluding diaryl/α,β-unsaturated/α-hetero) is 1. The summed E-state index contributed by atoms with van der Waals surface area (Å²) in [7, 11) is 0. The van der Waals surface area contributed by atoms with E-state index in [0.717, 1.165) is 45.5 Å². The first-order valence-corrected chi connectivity index (χ1v) is 8.67. The first-order chi connectivity index (χ1) is 11.9. The SMILES string of the molecule is CC1(C)C2=C(CCC(OCCN)=C2)C(=O)c2c1[nH]c1cc(N)ccc21. The van der Waals surface area contributed by atoms with Crippen LogP contribution >= 0.6 is 0 Å². The van der Waals surface area contributed by atoms with Crippen molar-refractivity contribution in [2.45, 2.75) is 32.1 Å². The standard InChI is InChI=1S/C20H23N3O2/c1-20(2)15-10-12(25-8-7-21)4-6-13(15)18(24)17-14-5-3-11(22)9-16(14)23-19(17)20/h3,5,9-10,23H,4,6-8,21-22H2,1-2H3. The lowest BCUT2D eigenvalue weighted by Crippen LogP contribution is -2.32. The van der Waals surface area contributed by atoms with Crippen LogP contribution in [-0.4, -0.2) is 23.9 Å². The van der Waals surface area contributed by atoms with Crippen molar-refractivity contribution in [2.75, 3.05) is 18.9 Å². The third-order valence-corrected chi connectivity index (χ3v) is 5.28. The largest absolute Gasteiger partial charge is 0.497 e. The van der Waals surface area contributed by atoms with Crippen LogP contribution in [0.15, 0.2) is 41.2 Å². The number of nitrogens with one attached hydrogen (secondary N) is 1. The molecule has 0 aliphatic heterocycles. The molecular formula is C20H23N3O2. The number of allylic oxidation sites excluding steroid dienone is 4. The Morgan fingerprint density at radius 3 is 2.84 bits per heavy atom. The van der Waals surface area contributed by atoms with Crippen molar-refractivity contribution < 1.29 is 9.53 Å². The molecule has 5 N–H and O–H groups in total. The van der Waals surface area contributed by atoms with Gasteiger partial charge in [0.2, 0.25) is 0 Å². The van der Waals surface area contributed by atoms with Crippen LogP contribution in [0, 0.1) is 0 Å². The highest BCUT2D eigenvalue weighted by atomic mass is 16.5. The van der Waals surface area contributed by atoms with Gasteiger partial charge in [-0.1, -0.05) is 19.9 Å². The second-order valence-electron chi connectivity index (χ2n) is 7.27. The monoisotopic (exact) mass is 337 g/mol. The molecule has 2 aliphatic carbocycles. The van der Waals surface area contributed by atoms with E-state index in [4.69, 9.17) is 16.2 Å². The number of fused-ring (bicyclic) bond motifs is 3. The number of hydrogen-bond acceptors (Lipinski definition) is 4. The van der Waals surface area contributed by atoms with Crippen molar-refractivity contribution in [3.05, 3.63) is 52.4 Å². The first kappa shape index (κ1) is 16.0. The second-order valence-corrected chi connectivity index (χ2v) is 7.27. The van der Waals surface area contributed by atoms with E-state index in [1.807, 2.05) is 24.3 Å². The van der Waals surface area contributed by atoms with Gasteiger partial charge in [0.15, 0.2) is 5.78 Å². The molecule has 0 spiro atoms. The van der Waals surface area contributed by atoms with Gasteiger partial charge < -0.3 is 21.2 Å². The first-order valence-electron chi connectivity index (χ1n) is 8.67. The summed E-state index contributed by atoms with van der Waals surface area (Å²) in [4.78, 5) is 16.7. The minimum Gasteiger partial charge on any atom is -0.497 e. The van der Waals surface area contributed by atoms with Crippen LogP contribution in [0.5, 0.6) is 0 Å². The summed E-state index contributed by atoms with van der Waals surface area (Å²) >= 11 is 0. The Morgan fingerprint density at radius 1 is 1.28 bits per heavy atom. The zero-order valence-corrected chi connectivity index (χ0v) is 14.6. The van der Waals surface area contributed by atoms with Crippen LogP contribution in [0.25, 0.3) is 10.9 Å². The number of rotatable bonds is 3. The number of aromatic nitrogens is 1. The van der Waals surface area contributed by atoms with Crippen molar-refractivity contribution in [2.24, 2.45) is 5.73 Å². The molecule has 0 saturated carbocycles. The summed E-state index contributed by atoms with van der Waals surface area (Å²) in [5.41, 5.74) is 16.4. The number of carbonyl (C=O) groups is 1. The van der Waals surface area contributed by atoms with E-state index in [-0.39, 0.29) is 11.2 Å². The molecule has 2 aliphatic rings. The number of nitrogens with two attached hydrogens (primary N) is 2. The van der Waals surface area contributed by atoms with Crippen LogP contribution in [0.1, 0.15) is 42.7 Å². The lowest BCUT2D eigenvalue weighted by atomic mass is 9.68. The van der Waals surface area contributed by atoms with Crippen molar-refractivity contribution >= 4 is 22.4 Å². The zero-order chi connectivity index (χ0) is 17.8. The highest BCUT2D eigenvalue weighted by molar-refractivity contribution is 6.19. The molecule has 0 atom stereocenters. The summed E-state index contributed by atoms with van der Waals surface area (Å²) in [5.74, 6) is 1.03. The summed E-state index contributed by atoms with van der Waals surface area (Å²) in [6.45, 7) is 5.28. The molecule has 2 aromatic rings. The summed E-state index contributed by atoms with van der Waals surface area (Å²) in [6, 6.07) is 5.68. The fraction of sp³-hybridized carbons (Fsp3) is 0.350. The van der Waals surface area contributed by atoms with Crippen molar-refractivity contribution in [1.82, 2.24) is 4.98 Å². The van der Waals surface area contributed by atoms with E-state index in [0.29, 0.717) is 25.3 Å². The normalized spacial score (nSPS) is 18.8. The lowest BCUT2D eigenvalue weighted by molar-refractivity contribution is 0.102. The Bertz CT molecular complexity index is 947. The average Bonchev–Trinajstić information content (AvgIpc) is 2.97.